The van der Waals surface area contributed by atoms with Gasteiger partial charge in [-0.25, -0.2) is 0 Å². The second-order valence-electron chi connectivity index (χ2n) is 7.57. The van der Waals surface area contributed by atoms with Gasteiger partial charge in [0.2, 0.25) is 5.91 Å². The number of likely N-dealkylation sites (N-methyl/N-ethyl adjacent to an activating group) is 1. The molecule has 4 nitrogen and oxygen atoms in total. The van der Waals surface area contributed by atoms with Gasteiger partial charge in [0.05, 0.1) is 0 Å². The lowest BCUT2D eigenvalue weighted by Crippen LogP contribution is -2.42. The molecule has 0 aromatic rings. The Bertz CT molecular complexity index is 359. The summed E-state index contributed by atoms with van der Waals surface area (Å²) in [5.74, 6) is 1.29. The molecule has 2 aliphatic rings. The van der Waals surface area contributed by atoms with Crippen LogP contribution in [0, 0.1) is 17.3 Å². The van der Waals surface area contributed by atoms with Gasteiger partial charge in [0.25, 0.3) is 0 Å². The smallest absolute Gasteiger partial charge is 0.226 e. The van der Waals surface area contributed by atoms with Crippen LogP contribution in [0.1, 0.15) is 47.0 Å². The van der Waals surface area contributed by atoms with E-state index in [1.807, 2.05) is 0 Å². The van der Waals surface area contributed by atoms with Crippen LogP contribution in [0.15, 0.2) is 0 Å². The average Bonchev–Trinajstić information content (AvgIpc) is 3.19. The second-order valence-corrected chi connectivity index (χ2v) is 7.57. The quantitative estimate of drug-likeness (QED) is 0.747. The van der Waals surface area contributed by atoms with E-state index in [0.29, 0.717) is 23.2 Å². The molecule has 0 aromatic carbocycles. The number of carbonyl (C=O) groups excluding carboxylic acids is 1. The summed E-state index contributed by atoms with van der Waals surface area (Å²) in [7, 11) is 0. The number of hydrogen-bond donors (Lipinski definition) is 1. The highest BCUT2D eigenvalue weighted by atomic mass is 16.2. The molecule has 2 rings (SSSR count). The Kier molecular flexibility index (Phi) is 6.27. The predicted octanol–water partition coefficient (Wildman–Crippen LogP) is 2.20. The van der Waals surface area contributed by atoms with Crippen LogP contribution in [0.4, 0.5) is 0 Å². The lowest BCUT2D eigenvalue weighted by molar-refractivity contribution is -0.134. The van der Waals surface area contributed by atoms with Gasteiger partial charge < -0.3 is 15.1 Å². The van der Waals surface area contributed by atoms with Crippen molar-refractivity contribution in [1.82, 2.24) is 15.1 Å². The summed E-state index contributed by atoms with van der Waals surface area (Å²) in [4.78, 5) is 17.6. The monoisotopic (exact) mass is 309 g/mol. The van der Waals surface area contributed by atoms with Crippen molar-refractivity contribution >= 4 is 5.91 Å². The lowest BCUT2D eigenvalue weighted by atomic mass is 9.91. The van der Waals surface area contributed by atoms with Gasteiger partial charge >= 0.3 is 0 Å². The molecule has 2 fully saturated rings. The minimum absolute atomic E-state index is 0.310. The van der Waals surface area contributed by atoms with Crippen molar-refractivity contribution in [3.8, 4) is 0 Å². The number of carbonyl (C=O) groups is 1. The molecule has 1 saturated heterocycles. The molecule has 0 radical (unpaired) electrons. The zero-order valence-corrected chi connectivity index (χ0v) is 15.0. The maximum Gasteiger partial charge on any atom is 0.226 e. The highest BCUT2D eigenvalue weighted by molar-refractivity contribution is 5.82. The van der Waals surface area contributed by atoms with Crippen molar-refractivity contribution in [3.05, 3.63) is 0 Å². The van der Waals surface area contributed by atoms with Crippen molar-refractivity contribution in [2.45, 2.75) is 47.0 Å². The third-order valence-electron chi connectivity index (χ3n) is 5.56. The average molecular weight is 309 g/mol. The minimum Gasteiger partial charge on any atom is -0.341 e. The second kappa shape index (κ2) is 7.78. The highest BCUT2D eigenvalue weighted by Crippen LogP contribution is 2.59. The summed E-state index contributed by atoms with van der Waals surface area (Å²) in [6, 6.07) is 0. The molecule has 1 aliphatic heterocycles. The Balaban J connectivity index is 1.92. The highest BCUT2D eigenvalue weighted by Gasteiger charge is 2.58. The maximum atomic E-state index is 13.0. The van der Waals surface area contributed by atoms with Crippen molar-refractivity contribution < 1.29 is 4.79 Å². The van der Waals surface area contributed by atoms with E-state index in [1.165, 1.54) is 12.8 Å². The first-order valence-electron chi connectivity index (χ1n) is 9.24. The van der Waals surface area contributed by atoms with Crippen molar-refractivity contribution in [3.63, 3.8) is 0 Å². The van der Waals surface area contributed by atoms with Gasteiger partial charge in [0.1, 0.15) is 0 Å². The van der Waals surface area contributed by atoms with Gasteiger partial charge in [-0.15, -0.1) is 0 Å². The molecule has 1 heterocycles. The Labute approximate surface area is 136 Å². The number of hydrogen-bond acceptors (Lipinski definition) is 3. The summed E-state index contributed by atoms with van der Waals surface area (Å²) >= 11 is 0. The van der Waals surface area contributed by atoms with Crippen LogP contribution in [0.2, 0.25) is 0 Å². The van der Waals surface area contributed by atoms with E-state index in [1.54, 1.807) is 0 Å². The predicted molar refractivity (Wildman–Crippen MR) is 91.8 cm³/mol. The van der Waals surface area contributed by atoms with Crippen LogP contribution in [0.25, 0.3) is 0 Å². The fraction of sp³-hybridized carbons (Fsp3) is 0.944. The maximum absolute atomic E-state index is 13.0. The van der Waals surface area contributed by atoms with Gasteiger partial charge in [-0.3, -0.25) is 4.79 Å². The van der Waals surface area contributed by atoms with Crippen LogP contribution in [0.5, 0.6) is 0 Å². The molecule has 1 atom stereocenters. The number of amides is 1. The topological polar surface area (TPSA) is 35.6 Å². The van der Waals surface area contributed by atoms with E-state index in [-0.39, 0.29) is 0 Å². The van der Waals surface area contributed by atoms with Crippen LogP contribution in [-0.4, -0.2) is 61.5 Å². The Hall–Kier alpha value is -0.610. The first-order valence-corrected chi connectivity index (χ1v) is 9.24. The van der Waals surface area contributed by atoms with Crippen LogP contribution in [0.3, 0.4) is 0 Å². The van der Waals surface area contributed by atoms with Crippen molar-refractivity contribution in [2.24, 2.45) is 17.3 Å². The molecule has 1 amide bonds. The van der Waals surface area contributed by atoms with Gasteiger partial charge in [0, 0.05) is 25.6 Å². The molecule has 0 bridgehead atoms. The molecular weight excluding hydrogens is 274 g/mol. The van der Waals surface area contributed by atoms with Crippen molar-refractivity contribution in [1.29, 1.82) is 0 Å². The number of nitrogens with one attached hydrogen (secondary N) is 1. The van der Waals surface area contributed by atoms with E-state index in [9.17, 15) is 4.79 Å². The lowest BCUT2D eigenvalue weighted by Gasteiger charge is -2.30. The van der Waals surface area contributed by atoms with Gasteiger partial charge in [-0.1, -0.05) is 27.7 Å². The molecular formula is C18H35N3O. The molecule has 1 unspecified atom stereocenters. The first-order chi connectivity index (χ1) is 10.5. The van der Waals surface area contributed by atoms with E-state index in [0.717, 1.165) is 52.2 Å². The third-order valence-corrected chi connectivity index (χ3v) is 5.56. The minimum atomic E-state index is 0.310. The summed E-state index contributed by atoms with van der Waals surface area (Å²) in [5, 5.41) is 3.43. The van der Waals surface area contributed by atoms with E-state index >= 15 is 0 Å². The third kappa shape index (κ3) is 4.23. The van der Waals surface area contributed by atoms with Crippen LogP contribution < -0.4 is 5.32 Å². The first kappa shape index (κ1) is 17.7. The Morgan fingerprint density at radius 3 is 2.36 bits per heavy atom. The summed E-state index contributed by atoms with van der Waals surface area (Å²) in [6.07, 6.45) is 3.51. The standard InChI is InChI=1S/C18H35N3O/c1-5-20(6-2)11-12-21(14-15(3)4)17(22)16-13-18(16)7-9-19-10-8-18/h15-16,19H,5-14H2,1-4H3. The van der Waals surface area contributed by atoms with Gasteiger partial charge in [0.15, 0.2) is 0 Å². The number of piperidine rings is 1. The Morgan fingerprint density at radius 2 is 1.82 bits per heavy atom. The van der Waals surface area contributed by atoms with Crippen molar-refractivity contribution in [2.75, 3.05) is 45.8 Å². The van der Waals surface area contributed by atoms with E-state index in [2.05, 4.69) is 42.8 Å². The zero-order chi connectivity index (χ0) is 16.2. The fourth-order valence-electron chi connectivity index (χ4n) is 3.93. The molecule has 1 N–H and O–H groups in total. The molecule has 128 valence electrons. The summed E-state index contributed by atoms with van der Waals surface area (Å²) in [6.45, 7) is 15.9. The molecule has 1 saturated carbocycles. The molecule has 4 heteroatoms. The summed E-state index contributed by atoms with van der Waals surface area (Å²) < 4.78 is 0. The van der Waals surface area contributed by atoms with Gasteiger partial charge in [-0.2, -0.15) is 0 Å². The normalized spacial score (nSPS) is 23.3. The Morgan fingerprint density at radius 1 is 1.18 bits per heavy atom. The van der Waals surface area contributed by atoms with E-state index < -0.39 is 0 Å². The van der Waals surface area contributed by atoms with Crippen LogP contribution in [-0.2, 0) is 4.79 Å². The SMILES string of the molecule is CCN(CC)CCN(CC(C)C)C(=O)C1CC12CCNCC2. The molecule has 1 spiro atoms. The fourth-order valence-corrected chi connectivity index (χ4v) is 3.93. The number of nitrogens with zero attached hydrogens (tertiary/aromatic N) is 2. The molecule has 22 heavy (non-hydrogen) atoms. The van der Waals surface area contributed by atoms with Crippen LogP contribution >= 0.6 is 0 Å². The number of rotatable bonds is 8. The van der Waals surface area contributed by atoms with E-state index in [4.69, 9.17) is 0 Å². The zero-order valence-electron chi connectivity index (χ0n) is 15.0. The summed E-state index contributed by atoms with van der Waals surface area (Å²) in [5.41, 5.74) is 0.354. The van der Waals surface area contributed by atoms with Gasteiger partial charge in [-0.05, 0) is 56.8 Å². The molecule has 1 aliphatic carbocycles. The largest absolute Gasteiger partial charge is 0.341 e. The molecule has 0 aromatic heterocycles.